The van der Waals surface area contributed by atoms with Gasteiger partial charge in [0.05, 0.1) is 0 Å². The van der Waals surface area contributed by atoms with Gasteiger partial charge in [-0.1, -0.05) is 36.4 Å². The quantitative estimate of drug-likeness (QED) is 0.913. The van der Waals surface area contributed by atoms with Crippen LogP contribution in [0.1, 0.15) is 16.7 Å². The Morgan fingerprint density at radius 3 is 2.42 bits per heavy atom. The second kappa shape index (κ2) is 6.59. The van der Waals surface area contributed by atoms with E-state index in [9.17, 15) is 8.60 Å². The lowest BCUT2D eigenvalue weighted by atomic mass is 10.1. The molecule has 0 bridgehead atoms. The third-order valence-corrected chi connectivity index (χ3v) is 4.16. The van der Waals surface area contributed by atoms with Gasteiger partial charge in [0.15, 0.2) is 0 Å². The highest BCUT2D eigenvalue weighted by atomic mass is 32.2. The van der Waals surface area contributed by atoms with Crippen LogP contribution in [0.3, 0.4) is 0 Å². The lowest BCUT2D eigenvalue weighted by Crippen LogP contribution is -2.06. The summed E-state index contributed by atoms with van der Waals surface area (Å²) < 4.78 is 25.2. The largest absolute Gasteiger partial charge is 0.326 e. The van der Waals surface area contributed by atoms with Crippen molar-refractivity contribution in [2.24, 2.45) is 5.73 Å². The smallest absolute Gasteiger partial charge is 0.123 e. The summed E-state index contributed by atoms with van der Waals surface area (Å²) in [4.78, 5) is 0. The summed E-state index contributed by atoms with van der Waals surface area (Å²) in [5.41, 5.74) is 8.20. The molecule has 100 valence electrons. The first-order valence-corrected chi connectivity index (χ1v) is 7.54. The van der Waals surface area contributed by atoms with Crippen LogP contribution in [0.2, 0.25) is 0 Å². The van der Waals surface area contributed by atoms with Gasteiger partial charge in [-0.15, -0.1) is 0 Å². The van der Waals surface area contributed by atoms with E-state index < -0.39 is 10.8 Å². The van der Waals surface area contributed by atoms with Gasteiger partial charge in [0.1, 0.15) is 5.82 Å². The first-order chi connectivity index (χ1) is 9.19. The molecule has 0 spiro atoms. The molecule has 0 amide bonds. The predicted molar refractivity (Wildman–Crippen MR) is 76.3 cm³/mol. The molecule has 1 unspecified atom stereocenters. The number of hydrogen-bond donors (Lipinski definition) is 1. The Morgan fingerprint density at radius 1 is 1.00 bits per heavy atom. The molecule has 2 rings (SSSR count). The highest BCUT2D eigenvalue weighted by Gasteiger charge is 2.08. The summed E-state index contributed by atoms with van der Waals surface area (Å²) in [5, 5.41) is 0. The van der Waals surface area contributed by atoms with E-state index in [-0.39, 0.29) is 12.4 Å². The van der Waals surface area contributed by atoms with Gasteiger partial charge < -0.3 is 5.73 Å². The van der Waals surface area contributed by atoms with Gasteiger partial charge in [0.25, 0.3) is 0 Å². The van der Waals surface area contributed by atoms with E-state index in [4.69, 9.17) is 5.73 Å². The number of halogens is 1. The highest BCUT2D eigenvalue weighted by Crippen LogP contribution is 2.15. The topological polar surface area (TPSA) is 43.1 Å². The van der Waals surface area contributed by atoms with Crippen molar-refractivity contribution in [2.45, 2.75) is 18.1 Å². The molecule has 0 radical (unpaired) electrons. The van der Waals surface area contributed by atoms with Crippen LogP contribution in [0.4, 0.5) is 4.39 Å². The van der Waals surface area contributed by atoms with E-state index in [0.29, 0.717) is 11.5 Å². The average molecular weight is 277 g/mol. The fourth-order valence-electron chi connectivity index (χ4n) is 1.91. The van der Waals surface area contributed by atoms with Crippen LogP contribution in [-0.4, -0.2) is 4.21 Å². The first-order valence-electron chi connectivity index (χ1n) is 6.05. The highest BCUT2D eigenvalue weighted by molar-refractivity contribution is 7.83. The standard InChI is InChI=1S/C15H16FNOS/c16-15-7-6-13(14(8-15)9-17)11-19(18)10-12-4-2-1-3-5-12/h1-8H,9-11,17H2. The molecule has 0 saturated heterocycles. The van der Waals surface area contributed by atoms with Gasteiger partial charge in [-0.3, -0.25) is 4.21 Å². The molecule has 2 N–H and O–H groups in total. The Bertz CT molecular complexity index is 572. The monoisotopic (exact) mass is 277 g/mol. The van der Waals surface area contributed by atoms with E-state index in [0.717, 1.165) is 16.7 Å². The molecule has 0 aliphatic carbocycles. The van der Waals surface area contributed by atoms with Crippen LogP contribution in [0, 0.1) is 5.82 Å². The molecule has 1 atom stereocenters. The maximum atomic E-state index is 13.1. The molecule has 0 aliphatic rings. The Hall–Kier alpha value is -1.52. The van der Waals surface area contributed by atoms with Crippen molar-refractivity contribution >= 4 is 10.8 Å². The molecule has 4 heteroatoms. The summed E-state index contributed by atoms with van der Waals surface area (Å²) in [6.45, 7) is 0.260. The fourth-order valence-corrected chi connectivity index (χ4v) is 3.20. The zero-order chi connectivity index (χ0) is 13.7. The predicted octanol–water partition coefficient (Wildman–Crippen LogP) is 2.73. The van der Waals surface area contributed by atoms with Crippen LogP contribution < -0.4 is 5.73 Å². The van der Waals surface area contributed by atoms with E-state index in [1.807, 2.05) is 30.3 Å². The molecule has 2 nitrogen and oxygen atoms in total. The molecule has 0 aromatic heterocycles. The van der Waals surface area contributed by atoms with Crippen LogP contribution in [-0.2, 0) is 28.9 Å². The van der Waals surface area contributed by atoms with Crippen molar-refractivity contribution in [3.8, 4) is 0 Å². The summed E-state index contributed by atoms with van der Waals surface area (Å²) in [5.74, 6) is 0.599. The Balaban J connectivity index is 2.07. The lowest BCUT2D eigenvalue weighted by molar-refractivity contribution is 0.624. The van der Waals surface area contributed by atoms with Crippen LogP contribution in [0.25, 0.3) is 0 Å². The Labute approximate surface area is 114 Å². The SMILES string of the molecule is NCc1cc(F)ccc1CS(=O)Cc1ccccc1. The van der Waals surface area contributed by atoms with Crippen molar-refractivity contribution in [3.63, 3.8) is 0 Å². The fraction of sp³-hybridized carbons (Fsp3) is 0.200. The Kier molecular flexibility index (Phi) is 4.82. The van der Waals surface area contributed by atoms with Crippen molar-refractivity contribution in [1.29, 1.82) is 0 Å². The minimum absolute atomic E-state index is 0.260. The first kappa shape index (κ1) is 13.9. The van der Waals surface area contributed by atoms with Gasteiger partial charge >= 0.3 is 0 Å². The van der Waals surface area contributed by atoms with Crippen molar-refractivity contribution < 1.29 is 8.60 Å². The van der Waals surface area contributed by atoms with E-state index in [1.54, 1.807) is 6.07 Å². The third-order valence-electron chi connectivity index (χ3n) is 2.88. The number of nitrogens with two attached hydrogens (primary N) is 1. The minimum Gasteiger partial charge on any atom is -0.326 e. The second-order valence-electron chi connectivity index (χ2n) is 4.33. The second-order valence-corrected chi connectivity index (χ2v) is 5.79. The molecule has 0 heterocycles. The minimum atomic E-state index is -1.02. The van der Waals surface area contributed by atoms with Gasteiger partial charge in [0.2, 0.25) is 0 Å². The van der Waals surface area contributed by atoms with Crippen molar-refractivity contribution in [3.05, 3.63) is 71.0 Å². The van der Waals surface area contributed by atoms with Gasteiger partial charge in [-0.2, -0.15) is 0 Å². The maximum absolute atomic E-state index is 13.1. The third kappa shape index (κ3) is 3.98. The lowest BCUT2D eigenvalue weighted by Gasteiger charge is -2.08. The summed E-state index contributed by atoms with van der Waals surface area (Å²) in [6.07, 6.45) is 0. The molecule has 19 heavy (non-hydrogen) atoms. The molecule has 0 fully saturated rings. The zero-order valence-electron chi connectivity index (χ0n) is 10.5. The van der Waals surface area contributed by atoms with Gasteiger partial charge in [0, 0.05) is 28.9 Å². The van der Waals surface area contributed by atoms with Gasteiger partial charge in [-0.05, 0) is 28.8 Å². The normalized spacial score (nSPS) is 12.3. The molecule has 2 aromatic rings. The molecular formula is C15H16FNOS. The summed E-state index contributed by atoms with van der Waals surface area (Å²) >= 11 is 0. The molecular weight excluding hydrogens is 261 g/mol. The van der Waals surface area contributed by atoms with Crippen molar-refractivity contribution in [1.82, 2.24) is 0 Å². The van der Waals surface area contributed by atoms with Crippen LogP contribution in [0.5, 0.6) is 0 Å². The molecule has 0 aliphatic heterocycles. The summed E-state index contributed by atoms with van der Waals surface area (Å²) in [7, 11) is -1.02. The molecule has 2 aromatic carbocycles. The number of rotatable bonds is 5. The molecule has 0 saturated carbocycles. The maximum Gasteiger partial charge on any atom is 0.123 e. The van der Waals surface area contributed by atoms with Crippen LogP contribution >= 0.6 is 0 Å². The number of hydrogen-bond acceptors (Lipinski definition) is 2. The van der Waals surface area contributed by atoms with E-state index in [1.165, 1.54) is 12.1 Å². The van der Waals surface area contributed by atoms with E-state index in [2.05, 4.69) is 0 Å². The zero-order valence-corrected chi connectivity index (χ0v) is 11.3. The van der Waals surface area contributed by atoms with Crippen LogP contribution in [0.15, 0.2) is 48.5 Å². The van der Waals surface area contributed by atoms with Crippen molar-refractivity contribution in [2.75, 3.05) is 0 Å². The van der Waals surface area contributed by atoms with E-state index >= 15 is 0 Å². The Morgan fingerprint density at radius 2 is 1.74 bits per heavy atom. The average Bonchev–Trinajstić information content (AvgIpc) is 2.42. The van der Waals surface area contributed by atoms with Gasteiger partial charge in [-0.25, -0.2) is 4.39 Å². The summed E-state index contributed by atoms with van der Waals surface area (Å²) in [6, 6.07) is 14.1. The number of benzene rings is 2.